The van der Waals surface area contributed by atoms with E-state index in [0.29, 0.717) is 12.8 Å². The number of aliphatic hydroxyl groups excluding tert-OH is 2. The molecule has 3 atom stereocenters. The van der Waals surface area contributed by atoms with Gasteiger partial charge in [-0.25, -0.2) is 0 Å². The Morgan fingerprint density at radius 2 is 2.14 bits per heavy atom. The summed E-state index contributed by atoms with van der Waals surface area (Å²) in [6.45, 7) is 3.85. The Labute approximate surface area is 138 Å². The van der Waals surface area contributed by atoms with Crippen LogP contribution in [0.2, 0.25) is 10.6 Å². The third-order valence-corrected chi connectivity index (χ3v) is 5.58. The summed E-state index contributed by atoms with van der Waals surface area (Å²) >= 11 is 0.247. The van der Waals surface area contributed by atoms with Crippen molar-refractivity contribution >= 4 is 20.9 Å². The zero-order valence-electron chi connectivity index (χ0n) is 13.7. The first-order valence-corrected chi connectivity index (χ1v) is 9.75. The van der Waals surface area contributed by atoms with Crippen LogP contribution < -0.4 is 0 Å². The van der Waals surface area contributed by atoms with Crippen LogP contribution in [0.15, 0.2) is 0 Å². The fourth-order valence-corrected chi connectivity index (χ4v) is 3.98. The van der Waals surface area contributed by atoms with Crippen LogP contribution in [0, 0.1) is 0 Å². The van der Waals surface area contributed by atoms with Crippen molar-refractivity contribution in [2.24, 2.45) is 0 Å². The van der Waals surface area contributed by atoms with Crippen molar-refractivity contribution in [2.45, 2.75) is 61.4 Å². The molecule has 0 unspecified atom stereocenters. The van der Waals surface area contributed by atoms with Gasteiger partial charge in [-0.05, 0) is 0 Å². The van der Waals surface area contributed by atoms with Crippen LogP contribution >= 0.6 is 0 Å². The Balaban J connectivity index is 2.15. The molecule has 8 heteroatoms. The Kier molecular flexibility index (Phi) is 8.27. The van der Waals surface area contributed by atoms with E-state index in [-0.39, 0.29) is 27.5 Å². The van der Waals surface area contributed by atoms with Crippen molar-refractivity contribution < 1.29 is 29.3 Å². The number of carbonyl (C=O) groups excluding carboxylic acids is 1. The molecule has 1 amide bonds. The number of rotatable bonds is 9. The van der Waals surface area contributed by atoms with E-state index in [9.17, 15) is 15.0 Å². The maximum atomic E-state index is 11.5. The molecule has 1 fully saturated rings. The molecule has 1 rings (SSSR count). The molecule has 1 saturated heterocycles. The second kappa shape index (κ2) is 9.17. The van der Waals surface area contributed by atoms with Crippen molar-refractivity contribution in [1.29, 1.82) is 0 Å². The van der Waals surface area contributed by atoms with Gasteiger partial charge in [0.25, 0.3) is 0 Å². The van der Waals surface area contributed by atoms with E-state index in [4.69, 9.17) is 14.3 Å². The number of carbonyl (C=O) groups is 1. The average molecular weight is 384 g/mol. The van der Waals surface area contributed by atoms with Crippen molar-refractivity contribution in [3.8, 4) is 0 Å². The number of ether oxygens (including phenoxy) is 2. The molecule has 0 radical (unpaired) electrons. The topological polar surface area (TPSA) is 88.5 Å². The molecule has 0 saturated carbocycles. The van der Waals surface area contributed by atoms with E-state index in [0.717, 1.165) is 10.6 Å². The molecule has 1 heterocycles. The second-order valence-corrected chi connectivity index (χ2v) is 8.22. The Bertz CT molecular complexity index is 354. The predicted molar refractivity (Wildman–Crippen MR) is 81.3 cm³/mol. The maximum absolute atomic E-state index is 11.5. The third-order valence-electron chi connectivity index (χ3n) is 3.45. The molecule has 0 bridgehead atoms. The minimum absolute atomic E-state index is 0.0521. The summed E-state index contributed by atoms with van der Waals surface area (Å²) in [5.74, 6) is -0.757. The van der Waals surface area contributed by atoms with Gasteiger partial charge in [0.2, 0.25) is 0 Å². The fourth-order valence-electron chi connectivity index (χ4n) is 2.03. The summed E-state index contributed by atoms with van der Waals surface area (Å²) in [7, 11) is 3.04. The van der Waals surface area contributed by atoms with Crippen molar-refractivity contribution in [3.63, 3.8) is 0 Å². The van der Waals surface area contributed by atoms with Crippen LogP contribution in [0.25, 0.3) is 0 Å². The summed E-state index contributed by atoms with van der Waals surface area (Å²) in [5.41, 5.74) is 0. The Morgan fingerprint density at radius 1 is 1.45 bits per heavy atom. The summed E-state index contributed by atoms with van der Waals surface area (Å²) in [5, 5.41) is 22.9. The first-order valence-electron chi connectivity index (χ1n) is 7.33. The number of hydrogen-bond donors (Lipinski definition) is 2. The van der Waals surface area contributed by atoms with Crippen LogP contribution in [0.4, 0.5) is 0 Å². The molecular formula is C14H27NO6Se. The van der Waals surface area contributed by atoms with Gasteiger partial charge < -0.3 is 0 Å². The van der Waals surface area contributed by atoms with E-state index < -0.39 is 24.1 Å². The molecule has 0 aromatic heterocycles. The summed E-state index contributed by atoms with van der Waals surface area (Å²) in [6.07, 6.45) is -1.33. The Morgan fingerprint density at radius 3 is 2.68 bits per heavy atom. The molecular weight excluding hydrogens is 357 g/mol. The summed E-state index contributed by atoms with van der Waals surface area (Å²) < 4.78 is 10.9. The van der Waals surface area contributed by atoms with Gasteiger partial charge in [0, 0.05) is 0 Å². The van der Waals surface area contributed by atoms with Crippen LogP contribution in [0.5, 0.6) is 0 Å². The van der Waals surface area contributed by atoms with Crippen molar-refractivity contribution in [2.75, 3.05) is 20.8 Å². The number of hydroxylamine groups is 2. The molecule has 0 aliphatic carbocycles. The van der Waals surface area contributed by atoms with Gasteiger partial charge >= 0.3 is 137 Å². The normalized spacial score (nSPS) is 23.3. The number of nitrogens with zero attached hydrogens (tertiary/aromatic N) is 1. The molecule has 0 aromatic carbocycles. The molecule has 22 heavy (non-hydrogen) atoms. The standard InChI is InChI=1S/C14H27NO6Se/c1-14(2)20-9-11(21-14)13(18)10(16)5-7-22-8-6-12(17)15(3)19-4/h10-11,13,16,18H,5-9H2,1-4H3/t10-,11-,13+/m1/s1. The van der Waals surface area contributed by atoms with Gasteiger partial charge in [-0.15, -0.1) is 0 Å². The van der Waals surface area contributed by atoms with Gasteiger partial charge in [0.05, 0.1) is 0 Å². The van der Waals surface area contributed by atoms with Crippen LogP contribution in [-0.2, 0) is 19.1 Å². The average Bonchev–Trinajstić information content (AvgIpc) is 2.84. The Hall–Kier alpha value is -0.211. The van der Waals surface area contributed by atoms with Crippen molar-refractivity contribution in [1.82, 2.24) is 5.06 Å². The molecule has 7 nitrogen and oxygen atoms in total. The van der Waals surface area contributed by atoms with Gasteiger partial charge in [-0.2, -0.15) is 0 Å². The third kappa shape index (κ3) is 6.50. The monoisotopic (exact) mass is 385 g/mol. The number of amides is 1. The van der Waals surface area contributed by atoms with Gasteiger partial charge in [0.1, 0.15) is 0 Å². The molecule has 0 aromatic rings. The zero-order valence-corrected chi connectivity index (χ0v) is 15.4. The number of hydrogen-bond acceptors (Lipinski definition) is 6. The van der Waals surface area contributed by atoms with Crippen LogP contribution in [0.3, 0.4) is 0 Å². The quantitative estimate of drug-likeness (QED) is 0.336. The van der Waals surface area contributed by atoms with E-state index >= 15 is 0 Å². The fraction of sp³-hybridized carbons (Fsp3) is 0.929. The first kappa shape index (κ1) is 19.8. The SMILES string of the molecule is CON(C)C(=O)CC[Se]CC[C@@H](O)[C@H](O)[C@H]1COC(C)(C)O1. The zero-order chi connectivity index (χ0) is 16.8. The molecule has 1 aliphatic heterocycles. The summed E-state index contributed by atoms with van der Waals surface area (Å²) in [4.78, 5) is 16.3. The number of aliphatic hydroxyl groups is 2. The second-order valence-electron chi connectivity index (χ2n) is 5.65. The minimum atomic E-state index is -0.946. The van der Waals surface area contributed by atoms with Crippen LogP contribution in [0.1, 0.15) is 26.7 Å². The molecule has 2 N–H and O–H groups in total. The van der Waals surface area contributed by atoms with E-state index in [1.807, 2.05) is 0 Å². The van der Waals surface area contributed by atoms with E-state index in [1.54, 1.807) is 20.9 Å². The van der Waals surface area contributed by atoms with Gasteiger partial charge in [0.15, 0.2) is 0 Å². The molecule has 0 spiro atoms. The van der Waals surface area contributed by atoms with E-state index in [1.165, 1.54) is 12.2 Å². The first-order chi connectivity index (χ1) is 10.3. The molecule has 1 aliphatic rings. The summed E-state index contributed by atoms with van der Waals surface area (Å²) in [6, 6.07) is 0. The molecule has 130 valence electrons. The van der Waals surface area contributed by atoms with Gasteiger partial charge in [-0.3, -0.25) is 0 Å². The van der Waals surface area contributed by atoms with E-state index in [2.05, 4.69) is 0 Å². The van der Waals surface area contributed by atoms with Crippen molar-refractivity contribution in [3.05, 3.63) is 0 Å². The van der Waals surface area contributed by atoms with Crippen LogP contribution in [-0.4, -0.2) is 81.0 Å². The van der Waals surface area contributed by atoms with Gasteiger partial charge in [-0.1, -0.05) is 0 Å². The predicted octanol–water partition coefficient (Wildman–Crippen LogP) is 0.201.